The van der Waals surface area contributed by atoms with Gasteiger partial charge in [0.2, 0.25) is 0 Å². The third-order valence-electron chi connectivity index (χ3n) is 3.04. The molecule has 0 saturated heterocycles. The van der Waals surface area contributed by atoms with Gasteiger partial charge < -0.3 is 9.47 Å². The maximum absolute atomic E-state index is 12.3. The molecule has 5 nitrogen and oxygen atoms in total. The molecule has 0 amide bonds. The zero-order valence-electron chi connectivity index (χ0n) is 12.3. The lowest BCUT2D eigenvalue weighted by Crippen LogP contribution is -2.37. The van der Waals surface area contributed by atoms with E-state index in [1.165, 1.54) is 26.0 Å². The Morgan fingerprint density at radius 1 is 0.909 bits per heavy atom. The average molecular weight is 300 g/mol. The van der Waals surface area contributed by atoms with Crippen LogP contribution in [0.4, 0.5) is 0 Å². The summed E-state index contributed by atoms with van der Waals surface area (Å²) in [6, 6.07) is 8.85. The summed E-state index contributed by atoms with van der Waals surface area (Å²) in [5, 5.41) is 0. The summed E-state index contributed by atoms with van der Waals surface area (Å²) < 4.78 is 10.1. The third-order valence-corrected chi connectivity index (χ3v) is 3.04. The van der Waals surface area contributed by atoms with Crippen molar-refractivity contribution in [1.82, 2.24) is 0 Å². The maximum Gasteiger partial charge on any atom is 0.306 e. The fraction of sp³-hybridized carbons (Fsp3) is 0.235. The van der Waals surface area contributed by atoms with Gasteiger partial charge in [-0.15, -0.1) is 0 Å². The van der Waals surface area contributed by atoms with Crippen molar-refractivity contribution in [3.05, 3.63) is 60.2 Å². The van der Waals surface area contributed by atoms with E-state index in [4.69, 9.17) is 9.47 Å². The molecule has 0 spiro atoms. The minimum Gasteiger partial charge on any atom is -0.415 e. The van der Waals surface area contributed by atoms with Gasteiger partial charge in [-0.2, -0.15) is 0 Å². The second-order valence-electron chi connectivity index (χ2n) is 4.88. The minimum atomic E-state index is -1.58. The van der Waals surface area contributed by atoms with Gasteiger partial charge in [0.05, 0.1) is 5.92 Å². The third kappa shape index (κ3) is 3.69. The second-order valence-corrected chi connectivity index (χ2v) is 4.88. The van der Waals surface area contributed by atoms with E-state index in [1.807, 2.05) is 6.07 Å². The molecule has 1 aromatic carbocycles. The molecule has 22 heavy (non-hydrogen) atoms. The number of rotatable bonds is 4. The first-order chi connectivity index (χ1) is 10.4. The van der Waals surface area contributed by atoms with Gasteiger partial charge in [0.15, 0.2) is 5.78 Å². The lowest BCUT2D eigenvalue weighted by atomic mass is 9.92. The summed E-state index contributed by atoms with van der Waals surface area (Å²) in [6.07, 6.45) is 5.92. The van der Waals surface area contributed by atoms with E-state index in [2.05, 4.69) is 0 Å². The highest BCUT2D eigenvalue weighted by atomic mass is 16.7. The fourth-order valence-corrected chi connectivity index (χ4v) is 2.17. The summed E-state index contributed by atoms with van der Waals surface area (Å²) in [7, 11) is 0. The van der Waals surface area contributed by atoms with Gasteiger partial charge in [-0.1, -0.05) is 42.5 Å². The molecule has 0 N–H and O–H groups in total. The lowest BCUT2D eigenvalue weighted by molar-refractivity contribution is -0.195. The first-order valence-electron chi connectivity index (χ1n) is 6.79. The number of ketones is 1. The highest BCUT2D eigenvalue weighted by Crippen LogP contribution is 2.26. The minimum absolute atomic E-state index is 0.0904. The van der Waals surface area contributed by atoms with Crippen LogP contribution < -0.4 is 0 Å². The molecule has 0 heterocycles. The van der Waals surface area contributed by atoms with E-state index in [-0.39, 0.29) is 5.78 Å². The molecule has 1 aromatic rings. The van der Waals surface area contributed by atoms with Gasteiger partial charge in [-0.25, -0.2) is 0 Å². The van der Waals surface area contributed by atoms with Crippen LogP contribution in [0.1, 0.15) is 24.2 Å². The van der Waals surface area contributed by atoms with Gasteiger partial charge in [0.1, 0.15) is 0 Å². The Morgan fingerprint density at radius 2 is 1.41 bits per heavy atom. The van der Waals surface area contributed by atoms with Crippen molar-refractivity contribution in [1.29, 1.82) is 0 Å². The van der Waals surface area contributed by atoms with E-state index in [9.17, 15) is 14.4 Å². The Labute approximate surface area is 128 Å². The van der Waals surface area contributed by atoms with Crippen LogP contribution in [0.25, 0.3) is 0 Å². The Kier molecular flexibility index (Phi) is 4.56. The lowest BCUT2D eigenvalue weighted by Gasteiger charge is -2.29. The summed E-state index contributed by atoms with van der Waals surface area (Å²) in [4.78, 5) is 34.7. The van der Waals surface area contributed by atoms with Crippen LogP contribution in [0.15, 0.2) is 54.6 Å². The molecule has 1 aliphatic rings. The summed E-state index contributed by atoms with van der Waals surface area (Å²) >= 11 is 0. The molecule has 5 heteroatoms. The van der Waals surface area contributed by atoms with Crippen molar-refractivity contribution in [3.8, 4) is 0 Å². The zero-order chi connectivity index (χ0) is 16.2. The zero-order valence-corrected chi connectivity index (χ0v) is 12.3. The number of carbonyl (C=O) groups excluding carboxylic acids is 3. The SMILES string of the molecule is CC(=O)OC1(OC(C)=O)C=CC(C(=O)c2ccccc2)C=C1. The molecule has 0 atom stereocenters. The fourth-order valence-electron chi connectivity index (χ4n) is 2.17. The molecule has 0 bridgehead atoms. The first kappa shape index (κ1) is 15.7. The number of carbonyl (C=O) groups is 3. The van der Waals surface area contributed by atoms with Gasteiger partial charge >= 0.3 is 11.9 Å². The average Bonchev–Trinajstić information content (AvgIpc) is 2.46. The van der Waals surface area contributed by atoms with E-state index >= 15 is 0 Å². The van der Waals surface area contributed by atoms with Gasteiger partial charge in [0.25, 0.3) is 5.79 Å². The monoisotopic (exact) mass is 300 g/mol. The van der Waals surface area contributed by atoms with Crippen LogP contribution in [0, 0.1) is 5.92 Å². The number of hydrogen-bond acceptors (Lipinski definition) is 5. The summed E-state index contributed by atoms with van der Waals surface area (Å²) in [5.41, 5.74) is 0.578. The van der Waals surface area contributed by atoms with Crippen LogP contribution >= 0.6 is 0 Å². The first-order valence-corrected chi connectivity index (χ1v) is 6.79. The van der Waals surface area contributed by atoms with Crippen LogP contribution in [-0.4, -0.2) is 23.5 Å². The number of hydrogen-bond donors (Lipinski definition) is 0. The standard InChI is InChI=1S/C17H16O5/c1-12(18)21-17(22-13(2)19)10-8-15(9-11-17)16(20)14-6-4-3-5-7-14/h3-11,15H,1-2H3. The number of allylic oxidation sites excluding steroid dienone is 2. The van der Waals surface area contributed by atoms with E-state index < -0.39 is 23.6 Å². The van der Waals surface area contributed by atoms with Crippen molar-refractivity contribution in [2.45, 2.75) is 19.6 Å². The predicted octanol–water partition coefficient (Wildman–Crippen LogP) is 2.43. The van der Waals surface area contributed by atoms with Crippen molar-refractivity contribution in [2.75, 3.05) is 0 Å². The molecular weight excluding hydrogens is 284 g/mol. The van der Waals surface area contributed by atoms with Gasteiger partial charge in [0, 0.05) is 31.6 Å². The molecule has 1 aliphatic carbocycles. The van der Waals surface area contributed by atoms with E-state index in [1.54, 1.807) is 36.4 Å². The number of ether oxygens (including phenoxy) is 2. The number of benzene rings is 1. The van der Waals surface area contributed by atoms with Crippen molar-refractivity contribution in [3.63, 3.8) is 0 Å². The maximum atomic E-state index is 12.3. The normalized spacial score (nSPS) is 16.1. The quantitative estimate of drug-likeness (QED) is 0.370. The molecule has 0 aromatic heterocycles. The molecule has 0 fully saturated rings. The molecule has 0 saturated carbocycles. The number of esters is 2. The van der Waals surface area contributed by atoms with Crippen LogP contribution in [-0.2, 0) is 19.1 Å². The molecule has 2 rings (SSSR count). The second kappa shape index (κ2) is 6.39. The Morgan fingerprint density at radius 3 is 1.86 bits per heavy atom. The summed E-state index contributed by atoms with van der Waals surface area (Å²) in [6.45, 7) is 2.43. The Hall–Kier alpha value is -2.69. The summed E-state index contributed by atoms with van der Waals surface area (Å²) in [5.74, 6) is -3.36. The number of Topliss-reactive ketones (excluding diaryl/α,β-unsaturated/α-hetero) is 1. The molecule has 0 aliphatic heterocycles. The predicted molar refractivity (Wildman–Crippen MR) is 78.8 cm³/mol. The van der Waals surface area contributed by atoms with Crippen molar-refractivity contribution in [2.24, 2.45) is 5.92 Å². The smallest absolute Gasteiger partial charge is 0.306 e. The topological polar surface area (TPSA) is 69.7 Å². The molecular formula is C17H16O5. The van der Waals surface area contributed by atoms with Crippen LogP contribution in [0.2, 0.25) is 0 Å². The van der Waals surface area contributed by atoms with Crippen molar-refractivity contribution >= 4 is 17.7 Å². The van der Waals surface area contributed by atoms with Gasteiger partial charge in [-0.3, -0.25) is 14.4 Å². The van der Waals surface area contributed by atoms with E-state index in [0.29, 0.717) is 5.56 Å². The van der Waals surface area contributed by atoms with Crippen LogP contribution in [0.5, 0.6) is 0 Å². The van der Waals surface area contributed by atoms with Crippen LogP contribution in [0.3, 0.4) is 0 Å². The molecule has 0 radical (unpaired) electrons. The van der Waals surface area contributed by atoms with E-state index in [0.717, 1.165) is 0 Å². The molecule has 0 unspecified atom stereocenters. The largest absolute Gasteiger partial charge is 0.415 e. The Balaban J connectivity index is 2.19. The Bertz CT molecular complexity index is 610. The van der Waals surface area contributed by atoms with Crippen molar-refractivity contribution < 1.29 is 23.9 Å². The van der Waals surface area contributed by atoms with Gasteiger partial charge in [-0.05, 0) is 0 Å². The highest BCUT2D eigenvalue weighted by molar-refractivity contribution is 6.00. The molecule has 114 valence electrons. The highest BCUT2D eigenvalue weighted by Gasteiger charge is 2.35.